The molecule has 1 aromatic heterocycles. The fraction of sp³-hybridized carbons (Fsp3) is 0.200. The lowest BCUT2D eigenvalue weighted by Crippen LogP contribution is -1.84. The van der Waals surface area contributed by atoms with Crippen LogP contribution in [0.1, 0.15) is 5.01 Å². The first-order chi connectivity index (χ1) is 7.38. The summed E-state index contributed by atoms with van der Waals surface area (Å²) in [6.45, 7) is 0. The monoisotopic (exact) mass is 237 g/mol. The fourth-order valence-corrected chi connectivity index (χ4v) is 2.67. The Balaban J connectivity index is 1.93. The lowest BCUT2D eigenvalue weighted by molar-refractivity contribution is 1.04. The molecular formula is C10H11N3S2. The number of hydrogen-bond acceptors (Lipinski definition) is 5. The van der Waals surface area contributed by atoms with Crippen LogP contribution in [-0.4, -0.2) is 17.2 Å². The van der Waals surface area contributed by atoms with Crippen LogP contribution in [0.25, 0.3) is 0 Å². The molecule has 0 saturated carbocycles. The van der Waals surface area contributed by atoms with Gasteiger partial charge < -0.3 is 5.32 Å². The van der Waals surface area contributed by atoms with E-state index in [9.17, 15) is 0 Å². The normalized spacial score (nSPS) is 10.2. The lowest BCUT2D eigenvalue weighted by Gasteiger charge is -1.96. The van der Waals surface area contributed by atoms with Gasteiger partial charge in [-0.05, 0) is 12.1 Å². The summed E-state index contributed by atoms with van der Waals surface area (Å²) in [6.07, 6.45) is 0. The smallest absolute Gasteiger partial charge is 0.205 e. The topological polar surface area (TPSA) is 37.8 Å². The van der Waals surface area contributed by atoms with Crippen LogP contribution < -0.4 is 5.32 Å². The number of nitrogens with one attached hydrogen (secondary N) is 1. The van der Waals surface area contributed by atoms with E-state index in [1.54, 1.807) is 23.1 Å². The molecule has 78 valence electrons. The Labute approximate surface area is 96.9 Å². The minimum atomic E-state index is 0.874. The van der Waals surface area contributed by atoms with Crippen molar-refractivity contribution >= 4 is 28.2 Å². The van der Waals surface area contributed by atoms with E-state index in [1.807, 2.05) is 25.2 Å². The second-order valence-corrected chi connectivity index (χ2v) is 4.96. The second kappa shape index (κ2) is 5.14. The number of nitrogens with zero attached hydrogens (tertiary/aromatic N) is 2. The van der Waals surface area contributed by atoms with Crippen molar-refractivity contribution in [1.82, 2.24) is 10.2 Å². The van der Waals surface area contributed by atoms with Crippen molar-refractivity contribution < 1.29 is 0 Å². The minimum Gasteiger partial charge on any atom is -0.363 e. The van der Waals surface area contributed by atoms with Crippen molar-refractivity contribution in [3.05, 3.63) is 35.3 Å². The largest absolute Gasteiger partial charge is 0.363 e. The predicted molar refractivity (Wildman–Crippen MR) is 65.5 cm³/mol. The van der Waals surface area contributed by atoms with Crippen LogP contribution in [-0.2, 0) is 5.75 Å². The Morgan fingerprint density at radius 2 is 2.07 bits per heavy atom. The van der Waals surface area contributed by atoms with Crippen LogP contribution >= 0.6 is 23.1 Å². The van der Waals surface area contributed by atoms with E-state index in [4.69, 9.17) is 0 Å². The van der Waals surface area contributed by atoms with Gasteiger partial charge in [-0.1, -0.05) is 29.5 Å². The van der Waals surface area contributed by atoms with Crippen molar-refractivity contribution in [2.45, 2.75) is 10.6 Å². The molecule has 0 aliphatic rings. The van der Waals surface area contributed by atoms with Crippen molar-refractivity contribution in [1.29, 1.82) is 0 Å². The molecule has 3 nitrogen and oxygen atoms in total. The first-order valence-electron chi connectivity index (χ1n) is 4.56. The predicted octanol–water partition coefficient (Wildman–Crippen LogP) is 2.87. The SMILES string of the molecule is CNc1nnc(CSc2ccccc2)s1. The third kappa shape index (κ3) is 2.94. The van der Waals surface area contributed by atoms with Crippen LogP contribution in [0.4, 0.5) is 5.13 Å². The molecule has 0 spiro atoms. The van der Waals surface area contributed by atoms with Gasteiger partial charge in [0.1, 0.15) is 5.01 Å². The molecular weight excluding hydrogens is 226 g/mol. The van der Waals surface area contributed by atoms with E-state index >= 15 is 0 Å². The molecule has 0 saturated heterocycles. The Hall–Kier alpha value is -1.07. The Bertz CT molecular complexity index is 414. The maximum Gasteiger partial charge on any atom is 0.205 e. The first-order valence-corrected chi connectivity index (χ1v) is 6.36. The quantitative estimate of drug-likeness (QED) is 0.830. The highest BCUT2D eigenvalue weighted by Gasteiger charge is 2.02. The average Bonchev–Trinajstić information content (AvgIpc) is 2.76. The summed E-state index contributed by atoms with van der Waals surface area (Å²) in [5.74, 6) is 0.878. The molecule has 1 heterocycles. The van der Waals surface area contributed by atoms with Gasteiger partial charge in [0.2, 0.25) is 5.13 Å². The van der Waals surface area contributed by atoms with Gasteiger partial charge in [-0.25, -0.2) is 0 Å². The van der Waals surface area contributed by atoms with Crippen molar-refractivity contribution in [3.63, 3.8) is 0 Å². The molecule has 0 atom stereocenters. The number of anilines is 1. The summed E-state index contributed by atoms with van der Waals surface area (Å²) in [4.78, 5) is 1.26. The van der Waals surface area contributed by atoms with Crippen LogP contribution in [0.2, 0.25) is 0 Å². The van der Waals surface area contributed by atoms with Gasteiger partial charge >= 0.3 is 0 Å². The molecule has 2 aromatic rings. The standard InChI is InChI=1S/C10H11N3S2/c1-11-10-13-12-9(15-10)7-14-8-5-3-2-4-6-8/h2-6H,7H2,1H3,(H,11,13). The molecule has 15 heavy (non-hydrogen) atoms. The van der Waals surface area contributed by atoms with Crippen LogP contribution in [0.5, 0.6) is 0 Å². The second-order valence-electron chi connectivity index (χ2n) is 2.85. The Morgan fingerprint density at radius 3 is 2.73 bits per heavy atom. The number of thioether (sulfide) groups is 1. The summed E-state index contributed by atoms with van der Waals surface area (Å²) in [7, 11) is 1.86. The van der Waals surface area contributed by atoms with Crippen molar-refractivity contribution in [3.8, 4) is 0 Å². The van der Waals surface area contributed by atoms with Gasteiger partial charge in [-0.3, -0.25) is 0 Å². The maximum absolute atomic E-state index is 4.09. The van der Waals surface area contributed by atoms with E-state index < -0.39 is 0 Å². The highest BCUT2D eigenvalue weighted by molar-refractivity contribution is 7.98. The summed E-state index contributed by atoms with van der Waals surface area (Å²) in [5.41, 5.74) is 0. The molecule has 5 heteroatoms. The van der Waals surface area contributed by atoms with E-state index in [0.29, 0.717) is 0 Å². The molecule has 0 amide bonds. The minimum absolute atomic E-state index is 0.874. The van der Waals surface area contributed by atoms with Gasteiger partial charge in [0.15, 0.2) is 0 Å². The van der Waals surface area contributed by atoms with E-state index in [-0.39, 0.29) is 0 Å². The van der Waals surface area contributed by atoms with Crippen LogP contribution in [0, 0.1) is 0 Å². The molecule has 0 bridgehead atoms. The van der Waals surface area contributed by atoms with Gasteiger partial charge in [0.05, 0.1) is 5.75 Å². The zero-order chi connectivity index (χ0) is 10.5. The summed E-state index contributed by atoms with van der Waals surface area (Å²) < 4.78 is 0. The highest BCUT2D eigenvalue weighted by atomic mass is 32.2. The van der Waals surface area contributed by atoms with Gasteiger partial charge in [0, 0.05) is 11.9 Å². The summed E-state index contributed by atoms with van der Waals surface area (Å²) >= 11 is 3.38. The molecule has 0 fully saturated rings. The molecule has 0 radical (unpaired) electrons. The van der Waals surface area contributed by atoms with Crippen molar-refractivity contribution in [2.24, 2.45) is 0 Å². The Kier molecular flexibility index (Phi) is 3.58. The maximum atomic E-state index is 4.09. The van der Waals surface area contributed by atoms with E-state index in [0.717, 1.165) is 15.9 Å². The highest BCUT2D eigenvalue weighted by Crippen LogP contribution is 2.25. The molecule has 0 aliphatic heterocycles. The molecule has 2 rings (SSSR count). The van der Waals surface area contributed by atoms with Crippen LogP contribution in [0.3, 0.4) is 0 Å². The van der Waals surface area contributed by atoms with Crippen molar-refractivity contribution in [2.75, 3.05) is 12.4 Å². The Morgan fingerprint density at radius 1 is 1.27 bits per heavy atom. The lowest BCUT2D eigenvalue weighted by atomic mass is 10.4. The summed E-state index contributed by atoms with van der Waals surface area (Å²) in [5, 5.41) is 13.0. The molecule has 0 aliphatic carbocycles. The number of aromatic nitrogens is 2. The number of rotatable bonds is 4. The van der Waals surface area contributed by atoms with Gasteiger partial charge in [-0.15, -0.1) is 22.0 Å². The zero-order valence-electron chi connectivity index (χ0n) is 8.30. The van der Waals surface area contributed by atoms with E-state index in [1.165, 1.54) is 4.90 Å². The fourth-order valence-electron chi connectivity index (χ4n) is 1.07. The molecule has 0 unspecified atom stereocenters. The van der Waals surface area contributed by atoms with Gasteiger partial charge in [0.25, 0.3) is 0 Å². The third-order valence-corrected chi connectivity index (χ3v) is 3.93. The molecule has 1 aromatic carbocycles. The van der Waals surface area contributed by atoms with Gasteiger partial charge in [-0.2, -0.15) is 0 Å². The average molecular weight is 237 g/mol. The van der Waals surface area contributed by atoms with E-state index in [2.05, 4.69) is 27.6 Å². The number of benzene rings is 1. The molecule has 1 N–H and O–H groups in total. The van der Waals surface area contributed by atoms with Crippen LogP contribution in [0.15, 0.2) is 35.2 Å². The zero-order valence-corrected chi connectivity index (χ0v) is 9.94. The summed E-state index contributed by atoms with van der Waals surface area (Å²) in [6, 6.07) is 10.3. The first kappa shape index (κ1) is 10.4. The third-order valence-electron chi connectivity index (χ3n) is 1.79. The number of hydrogen-bond donors (Lipinski definition) is 1.